The lowest BCUT2D eigenvalue weighted by Gasteiger charge is -2.13. The van der Waals surface area contributed by atoms with Crippen molar-refractivity contribution in [2.45, 2.75) is 19.4 Å². The Morgan fingerprint density at radius 3 is 2.82 bits per heavy atom. The van der Waals surface area contributed by atoms with Gasteiger partial charge in [-0.25, -0.2) is 4.79 Å². The summed E-state index contributed by atoms with van der Waals surface area (Å²) in [5.74, 6) is -0.750. The number of carboxylic acids is 1. The number of hydrogen-bond acceptors (Lipinski definition) is 4. The van der Waals surface area contributed by atoms with Crippen LogP contribution in [0.5, 0.6) is 0 Å². The molecule has 0 aliphatic carbocycles. The van der Waals surface area contributed by atoms with Gasteiger partial charge in [0, 0.05) is 5.69 Å². The first-order chi connectivity index (χ1) is 8.06. The predicted molar refractivity (Wildman–Crippen MR) is 65.2 cm³/mol. The van der Waals surface area contributed by atoms with Crippen LogP contribution in [0.25, 0.3) is 0 Å². The fraction of sp³-hybridized carbons (Fsp3) is 0.500. The number of nitrogens with zero attached hydrogens (tertiary/aromatic N) is 1. The largest absolute Gasteiger partial charge is 0.480 e. The van der Waals surface area contributed by atoms with E-state index < -0.39 is 17.9 Å². The summed E-state index contributed by atoms with van der Waals surface area (Å²) in [6.07, 6.45) is 3.68. The van der Waals surface area contributed by atoms with E-state index in [0.29, 0.717) is 23.4 Å². The SMILES string of the molecule is CSCCC(NC(=O)c1cn[nH]c1C)C(=O)O. The average Bonchev–Trinajstić information content (AvgIpc) is 2.70. The predicted octanol–water partition coefficient (Wildman–Crippen LogP) is 0.654. The van der Waals surface area contributed by atoms with Gasteiger partial charge in [0.1, 0.15) is 6.04 Å². The molecule has 94 valence electrons. The first-order valence-electron chi connectivity index (χ1n) is 5.08. The smallest absolute Gasteiger partial charge is 0.326 e. The molecule has 1 rings (SSSR count). The van der Waals surface area contributed by atoms with Crippen molar-refractivity contribution in [3.63, 3.8) is 0 Å². The van der Waals surface area contributed by atoms with Crippen LogP contribution < -0.4 is 5.32 Å². The van der Waals surface area contributed by atoms with E-state index in [1.165, 1.54) is 6.20 Å². The van der Waals surface area contributed by atoms with Crippen molar-refractivity contribution < 1.29 is 14.7 Å². The van der Waals surface area contributed by atoms with Gasteiger partial charge in [0.05, 0.1) is 11.8 Å². The lowest BCUT2D eigenvalue weighted by Crippen LogP contribution is -2.41. The lowest BCUT2D eigenvalue weighted by atomic mass is 10.2. The molecule has 0 fully saturated rings. The summed E-state index contributed by atoms with van der Waals surface area (Å²) >= 11 is 1.54. The number of rotatable bonds is 6. The van der Waals surface area contributed by atoms with Crippen LogP contribution in [0.4, 0.5) is 0 Å². The van der Waals surface area contributed by atoms with Gasteiger partial charge >= 0.3 is 5.97 Å². The maximum absolute atomic E-state index is 11.8. The van der Waals surface area contributed by atoms with Crippen molar-refractivity contribution in [1.82, 2.24) is 15.5 Å². The Hall–Kier alpha value is -1.50. The van der Waals surface area contributed by atoms with Gasteiger partial charge in [0.25, 0.3) is 5.91 Å². The minimum atomic E-state index is -1.02. The van der Waals surface area contributed by atoms with E-state index >= 15 is 0 Å². The average molecular weight is 257 g/mol. The highest BCUT2D eigenvalue weighted by molar-refractivity contribution is 7.98. The molecule has 0 aliphatic rings. The van der Waals surface area contributed by atoms with Crippen molar-refractivity contribution in [1.29, 1.82) is 0 Å². The normalized spacial score (nSPS) is 12.1. The van der Waals surface area contributed by atoms with Crippen molar-refractivity contribution in [3.8, 4) is 0 Å². The Morgan fingerprint density at radius 1 is 1.65 bits per heavy atom. The van der Waals surface area contributed by atoms with Crippen LogP contribution in [0.3, 0.4) is 0 Å². The summed E-state index contributed by atoms with van der Waals surface area (Å²) in [4.78, 5) is 22.7. The van der Waals surface area contributed by atoms with Crippen LogP contribution in [-0.4, -0.2) is 45.2 Å². The highest BCUT2D eigenvalue weighted by Gasteiger charge is 2.21. The lowest BCUT2D eigenvalue weighted by molar-refractivity contribution is -0.139. The molecule has 6 nitrogen and oxygen atoms in total. The van der Waals surface area contributed by atoms with E-state index in [-0.39, 0.29) is 0 Å². The third kappa shape index (κ3) is 3.77. The number of hydrogen-bond donors (Lipinski definition) is 3. The van der Waals surface area contributed by atoms with Gasteiger partial charge in [-0.3, -0.25) is 9.89 Å². The molecule has 0 aromatic carbocycles. The molecule has 0 saturated heterocycles. The van der Waals surface area contributed by atoms with Crippen LogP contribution in [0.15, 0.2) is 6.20 Å². The molecular formula is C10H15N3O3S. The molecule has 7 heteroatoms. The van der Waals surface area contributed by atoms with Gasteiger partial charge in [0.15, 0.2) is 0 Å². The summed E-state index contributed by atoms with van der Waals surface area (Å²) in [5.41, 5.74) is 0.997. The molecule has 1 atom stereocenters. The van der Waals surface area contributed by atoms with Crippen molar-refractivity contribution in [2.24, 2.45) is 0 Å². The third-order valence-corrected chi connectivity index (χ3v) is 2.93. The fourth-order valence-corrected chi connectivity index (χ4v) is 1.78. The first-order valence-corrected chi connectivity index (χ1v) is 6.48. The molecule has 1 aromatic heterocycles. The van der Waals surface area contributed by atoms with Crippen LogP contribution in [-0.2, 0) is 4.79 Å². The Balaban J connectivity index is 2.64. The van der Waals surface area contributed by atoms with Gasteiger partial charge in [-0.1, -0.05) is 0 Å². The zero-order valence-electron chi connectivity index (χ0n) is 9.69. The van der Waals surface area contributed by atoms with Crippen molar-refractivity contribution in [3.05, 3.63) is 17.5 Å². The second-order valence-electron chi connectivity index (χ2n) is 3.55. The van der Waals surface area contributed by atoms with E-state index in [0.717, 1.165) is 0 Å². The van der Waals surface area contributed by atoms with Crippen LogP contribution in [0.1, 0.15) is 22.5 Å². The van der Waals surface area contributed by atoms with E-state index in [1.54, 1.807) is 18.7 Å². The first kappa shape index (κ1) is 13.6. The van der Waals surface area contributed by atoms with E-state index in [4.69, 9.17) is 5.11 Å². The summed E-state index contributed by atoms with van der Waals surface area (Å²) < 4.78 is 0. The molecule has 0 radical (unpaired) electrons. The Labute approximate surface area is 103 Å². The number of amides is 1. The zero-order chi connectivity index (χ0) is 12.8. The second kappa shape index (κ2) is 6.29. The third-order valence-electron chi connectivity index (χ3n) is 2.29. The summed E-state index contributed by atoms with van der Waals surface area (Å²) in [6.45, 7) is 1.71. The molecule has 1 unspecified atom stereocenters. The minimum absolute atomic E-state index is 0.375. The number of aromatic nitrogens is 2. The number of thioether (sulfide) groups is 1. The minimum Gasteiger partial charge on any atom is -0.480 e. The molecule has 1 amide bonds. The molecular weight excluding hydrogens is 242 g/mol. The Kier molecular flexibility index (Phi) is 5.02. The number of carboxylic acid groups (broad SMARTS) is 1. The highest BCUT2D eigenvalue weighted by atomic mass is 32.2. The number of carbonyl (C=O) groups is 2. The summed E-state index contributed by atoms with van der Waals surface area (Å²) in [5, 5.41) is 17.8. The van der Waals surface area contributed by atoms with Gasteiger partial charge in [-0.15, -0.1) is 0 Å². The number of nitrogens with one attached hydrogen (secondary N) is 2. The molecule has 0 spiro atoms. The quantitative estimate of drug-likeness (QED) is 0.695. The van der Waals surface area contributed by atoms with Gasteiger partial charge in [0.2, 0.25) is 0 Å². The van der Waals surface area contributed by atoms with E-state index in [9.17, 15) is 9.59 Å². The van der Waals surface area contributed by atoms with Gasteiger partial charge < -0.3 is 10.4 Å². The van der Waals surface area contributed by atoms with E-state index in [1.807, 2.05) is 6.26 Å². The van der Waals surface area contributed by atoms with Crippen LogP contribution in [0, 0.1) is 6.92 Å². The number of aliphatic carboxylic acids is 1. The maximum Gasteiger partial charge on any atom is 0.326 e. The molecule has 0 bridgehead atoms. The monoisotopic (exact) mass is 257 g/mol. The maximum atomic E-state index is 11.8. The molecule has 17 heavy (non-hydrogen) atoms. The number of carbonyl (C=O) groups excluding carboxylic acids is 1. The number of H-pyrrole nitrogens is 1. The molecule has 0 aliphatic heterocycles. The summed E-state index contributed by atoms with van der Waals surface area (Å²) in [6, 6.07) is -0.857. The number of aryl methyl sites for hydroxylation is 1. The fourth-order valence-electron chi connectivity index (χ4n) is 1.31. The van der Waals surface area contributed by atoms with E-state index in [2.05, 4.69) is 15.5 Å². The standard InChI is InChI=1S/C10H15N3O3S/c1-6-7(5-11-13-6)9(14)12-8(10(15)16)3-4-17-2/h5,8H,3-4H2,1-2H3,(H,11,13)(H,12,14)(H,15,16). The van der Waals surface area contributed by atoms with Gasteiger partial charge in [-0.05, 0) is 25.4 Å². The highest BCUT2D eigenvalue weighted by Crippen LogP contribution is 2.05. The van der Waals surface area contributed by atoms with Crippen LogP contribution in [0.2, 0.25) is 0 Å². The van der Waals surface area contributed by atoms with Crippen LogP contribution >= 0.6 is 11.8 Å². The molecule has 1 heterocycles. The molecule has 0 saturated carbocycles. The zero-order valence-corrected chi connectivity index (χ0v) is 10.5. The van der Waals surface area contributed by atoms with Crippen molar-refractivity contribution in [2.75, 3.05) is 12.0 Å². The topological polar surface area (TPSA) is 95.1 Å². The second-order valence-corrected chi connectivity index (χ2v) is 4.54. The molecule has 1 aromatic rings. The molecule has 3 N–H and O–H groups in total. The van der Waals surface area contributed by atoms with Crippen molar-refractivity contribution >= 4 is 23.6 Å². The Bertz CT molecular complexity index is 405. The number of aromatic amines is 1. The Morgan fingerprint density at radius 2 is 2.35 bits per heavy atom. The summed E-state index contributed by atoms with van der Waals surface area (Å²) in [7, 11) is 0. The van der Waals surface area contributed by atoms with Gasteiger partial charge in [-0.2, -0.15) is 16.9 Å².